The first kappa shape index (κ1) is 19.5. The van der Waals surface area contributed by atoms with Crippen LogP contribution >= 0.6 is 11.8 Å². The van der Waals surface area contributed by atoms with E-state index in [4.69, 9.17) is 0 Å². The molecular formula is C22H22N2O4S. The van der Waals surface area contributed by atoms with Crippen LogP contribution in [0, 0.1) is 0 Å². The maximum Gasteiger partial charge on any atom is 0.336 e. The molecular weight excluding hydrogens is 388 g/mol. The van der Waals surface area contributed by atoms with Crippen molar-refractivity contribution < 1.29 is 19.5 Å². The molecule has 2 amide bonds. The molecule has 2 saturated heterocycles. The lowest BCUT2D eigenvalue weighted by molar-refractivity contribution is -0.121. The van der Waals surface area contributed by atoms with Crippen LogP contribution in [0.15, 0.2) is 53.4 Å². The highest BCUT2D eigenvalue weighted by Crippen LogP contribution is 2.36. The molecule has 2 aliphatic rings. The molecule has 2 fully saturated rings. The number of imide groups is 1. The minimum absolute atomic E-state index is 0.0608. The van der Waals surface area contributed by atoms with E-state index in [1.807, 2.05) is 24.3 Å². The van der Waals surface area contributed by atoms with Crippen LogP contribution in [0.2, 0.25) is 0 Å². The molecule has 2 aromatic carbocycles. The van der Waals surface area contributed by atoms with E-state index in [1.54, 1.807) is 18.2 Å². The minimum Gasteiger partial charge on any atom is -0.478 e. The number of nitrogens with zero attached hydrogens (tertiary/aromatic N) is 2. The Balaban J connectivity index is 1.50. The molecule has 0 unspecified atom stereocenters. The van der Waals surface area contributed by atoms with Crippen molar-refractivity contribution in [3.8, 4) is 0 Å². The van der Waals surface area contributed by atoms with Gasteiger partial charge < -0.3 is 10.0 Å². The molecule has 0 radical (unpaired) electrons. The van der Waals surface area contributed by atoms with Gasteiger partial charge in [0.05, 0.1) is 16.5 Å². The Morgan fingerprint density at radius 2 is 1.59 bits per heavy atom. The summed E-state index contributed by atoms with van der Waals surface area (Å²) in [5, 5.41) is 8.72. The molecule has 1 atom stereocenters. The zero-order valence-electron chi connectivity index (χ0n) is 15.9. The van der Waals surface area contributed by atoms with Gasteiger partial charge in [-0.25, -0.2) is 9.69 Å². The smallest absolute Gasteiger partial charge is 0.336 e. The molecule has 7 heteroatoms. The number of anilines is 2. The van der Waals surface area contributed by atoms with Crippen LogP contribution in [0.5, 0.6) is 0 Å². The van der Waals surface area contributed by atoms with Gasteiger partial charge in [0.1, 0.15) is 0 Å². The zero-order valence-corrected chi connectivity index (χ0v) is 16.7. The lowest BCUT2D eigenvalue weighted by atomic mass is 10.1. The topological polar surface area (TPSA) is 77.9 Å². The number of thioether (sulfide) groups is 1. The van der Waals surface area contributed by atoms with Gasteiger partial charge in [0.2, 0.25) is 11.8 Å². The molecule has 4 rings (SSSR count). The standard InChI is InChI=1S/C22H22N2O4S/c25-20-14-19(29-18-7-3-2-6-17(18)22(27)28)21(26)24(20)16-10-8-15(9-11-16)23-12-4-1-5-13-23/h2-3,6-11,19H,1,4-5,12-14H2,(H,27,28)/t19-/m1/s1. The molecule has 0 aromatic heterocycles. The van der Waals surface area contributed by atoms with Crippen molar-refractivity contribution in [2.75, 3.05) is 22.9 Å². The van der Waals surface area contributed by atoms with Crippen molar-refractivity contribution in [2.24, 2.45) is 0 Å². The molecule has 0 bridgehead atoms. The van der Waals surface area contributed by atoms with Gasteiger partial charge in [0.15, 0.2) is 0 Å². The van der Waals surface area contributed by atoms with E-state index in [0.717, 1.165) is 30.5 Å². The van der Waals surface area contributed by atoms with Gasteiger partial charge in [0, 0.05) is 30.1 Å². The number of carboxylic acid groups (broad SMARTS) is 1. The second-order valence-corrected chi connectivity index (χ2v) is 8.49. The second kappa shape index (κ2) is 8.29. The number of rotatable bonds is 5. The number of amides is 2. The van der Waals surface area contributed by atoms with Crippen LogP contribution in [0.4, 0.5) is 11.4 Å². The molecule has 0 saturated carbocycles. The number of hydrogen-bond donors (Lipinski definition) is 1. The van der Waals surface area contributed by atoms with Crippen molar-refractivity contribution in [3.05, 3.63) is 54.1 Å². The first-order chi connectivity index (χ1) is 14.0. The van der Waals surface area contributed by atoms with Gasteiger partial charge in [-0.15, -0.1) is 11.8 Å². The van der Waals surface area contributed by atoms with Gasteiger partial charge in [-0.05, 0) is 55.7 Å². The van der Waals surface area contributed by atoms with Crippen molar-refractivity contribution in [3.63, 3.8) is 0 Å². The van der Waals surface area contributed by atoms with Crippen LogP contribution < -0.4 is 9.80 Å². The maximum absolute atomic E-state index is 12.9. The predicted molar refractivity (Wildman–Crippen MR) is 113 cm³/mol. The average Bonchev–Trinajstić information content (AvgIpc) is 3.02. The molecule has 29 heavy (non-hydrogen) atoms. The van der Waals surface area contributed by atoms with Crippen LogP contribution in [-0.4, -0.2) is 41.2 Å². The summed E-state index contributed by atoms with van der Waals surface area (Å²) >= 11 is 1.14. The summed E-state index contributed by atoms with van der Waals surface area (Å²) in [7, 11) is 0. The Kier molecular flexibility index (Phi) is 5.58. The van der Waals surface area contributed by atoms with E-state index < -0.39 is 11.2 Å². The monoisotopic (exact) mass is 410 g/mol. The van der Waals surface area contributed by atoms with Crippen molar-refractivity contribution in [1.82, 2.24) is 0 Å². The van der Waals surface area contributed by atoms with E-state index in [0.29, 0.717) is 10.6 Å². The number of carbonyl (C=O) groups is 3. The highest BCUT2D eigenvalue weighted by atomic mass is 32.2. The first-order valence-electron chi connectivity index (χ1n) is 9.75. The number of piperidine rings is 1. The van der Waals surface area contributed by atoms with E-state index in [2.05, 4.69) is 4.90 Å². The highest BCUT2D eigenvalue weighted by Gasteiger charge is 2.40. The summed E-state index contributed by atoms with van der Waals surface area (Å²) in [6, 6.07) is 14.1. The quantitative estimate of drug-likeness (QED) is 0.756. The molecule has 2 aromatic rings. The fraction of sp³-hybridized carbons (Fsp3) is 0.318. The Hall–Kier alpha value is -2.80. The van der Waals surface area contributed by atoms with Gasteiger partial charge >= 0.3 is 5.97 Å². The fourth-order valence-corrected chi connectivity index (χ4v) is 5.01. The maximum atomic E-state index is 12.9. The van der Waals surface area contributed by atoms with Crippen molar-refractivity contribution >= 4 is 40.9 Å². The van der Waals surface area contributed by atoms with Crippen LogP contribution in [-0.2, 0) is 9.59 Å². The van der Waals surface area contributed by atoms with E-state index in [-0.39, 0.29) is 23.8 Å². The van der Waals surface area contributed by atoms with Crippen LogP contribution in [0.25, 0.3) is 0 Å². The average molecular weight is 410 g/mol. The molecule has 0 spiro atoms. The molecule has 2 heterocycles. The SMILES string of the molecule is O=C(O)c1ccccc1S[C@@H]1CC(=O)N(c2ccc(N3CCCCC3)cc2)C1=O. The summed E-state index contributed by atoms with van der Waals surface area (Å²) in [5.41, 5.74) is 1.81. The lowest BCUT2D eigenvalue weighted by Crippen LogP contribution is -2.31. The third-order valence-corrected chi connectivity index (χ3v) is 6.58. The molecule has 6 nitrogen and oxygen atoms in total. The summed E-state index contributed by atoms with van der Waals surface area (Å²) < 4.78 is 0. The normalized spacial score (nSPS) is 19.7. The zero-order chi connectivity index (χ0) is 20.4. The number of carboxylic acids is 1. The summed E-state index contributed by atoms with van der Waals surface area (Å²) in [5.74, 6) is -1.60. The second-order valence-electron chi connectivity index (χ2n) is 7.24. The fourth-order valence-electron chi connectivity index (χ4n) is 3.83. The van der Waals surface area contributed by atoms with E-state index in [9.17, 15) is 19.5 Å². The van der Waals surface area contributed by atoms with Crippen molar-refractivity contribution in [1.29, 1.82) is 0 Å². The molecule has 150 valence electrons. The summed E-state index contributed by atoms with van der Waals surface area (Å²) in [6.07, 6.45) is 3.68. The largest absolute Gasteiger partial charge is 0.478 e. The van der Waals surface area contributed by atoms with Crippen LogP contribution in [0.1, 0.15) is 36.0 Å². The van der Waals surface area contributed by atoms with E-state index in [1.165, 1.54) is 30.2 Å². The number of aromatic carboxylic acids is 1. The van der Waals surface area contributed by atoms with Gasteiger partial charge in [-0.3, -0.25) is 9.59 Å². The minimum atomic E-state index is -1.05. The summed E-state index contributed by atoms with van der Waals surface area (Å²) in [6.45, 7) is 2.06. The Bertz CT molecular complexity index is 938. The number of carbonyl (C=O) groups excluding carboxylic acids is 2. The lowest BCUT2D eigenvalue weighted by Gasteiger charge is -2.29. The van der Waals surface area contributed by atoms with E-state index >= 15 is 0 Å². The molecule has 1 N–H and O–H groups in total. The number of benzene rings is 2. The van der Waals surface area contributed by atoms with Gasteiger partial charge in [-0.1, -0.05) is 12.1 Å². The first-order valence-corrected chi connectivity index (χ1v) is 10.6. The Labute approximate surface area is 173 Å². The number of hydrogen-bond acceptors (Lipinski definition) is 5. The molecule has 0 aliphatic carbocycles. The Morgan fingerprint density at radius 1 is 0.931 bits per heavy atom. The third-order valence-electron chi connectivity index (χ3n) is 5.32. The predicted octanol–water partition coefficient (Wildman–Crippen LogP) is 3.80. The van der Waals surface area contributed by atoms with Crippen molar-refractivity contribution in [2.45, 2.75) is 35.8 Å². The van der Waals surface area contributed by atoms with Gasteiger partial charge in [0.25, 0.3) is 0 Å². The Morgan fingerprint density at radius 3 is 2.28 bits per heavy atom. The summed E-state index contributed by atoms with van der Waals surface area (Å²) in [4.78, 5) is 40.9. The third kappa shape index (κ3) is 4.00. The van der Waals surface area contributed by atoms with Gasteiger partial charge in [-0.2, -0.15) is 0 Å². The van der Waals surface area contributed by atoms with Crippen LogP contribution in [0.3, 0.4) is 0 Å². The highest BCUT2D eigenvalue weighted by molar-refractivity contribution is 8.00. The molecule has 2 aliphatic heterocycles.